The molecule has 29 heavy (non-hydrogen) atoms. The molecule has 3 aliphatic rings. The van der Waals surface area contributed by atoms with Gasteiger partial charge in [-0.15, -0.1) is 0 Å². The molecule has 1 fully saturated rings. The molecule has 1 aromatic carbocycles. The number of benzene rings is 1. The Hall–Kier alpha value is -2.83. The van der Waals surface area contributed by atoms with Crippen molar-refractivity contribution in [3.63, 3.8) is 0 Å². The number of nitrogens with one attached hydrogen (secondary N) is 2. The minimum atomic E-state index is -0.345. The molecule has 2 aliphatic heterocycles. The predicted octanol–water partition coefficient (Wildman–Crippen LogP) is 2.27. The van der Waals surface area contributed by atoms with Crippen molar-refractivity contribution in [2.24, 2.45) is 5.92 Å². The maximum absolute atomic E-state index is 9.34. The van der Waals surface area contributed by atoms with Crippen LogP contribution in [0.25, 0.3) is 0 Å². The molecule has 148 valence electrons. The van der Waals surface area contributed by atoms with Crippen molar-refractivity contribution < 1.29 is 14.0 Å². The molecule has 0 spiro atoms. The topological polar surface area (TPSA) is 101 Å². The molecule has 3 heterocycles. The largest absolute Gasteiger partial charge is 0.498 e. The van der Waals surface area contributed by atoms with Crippen LogP contribution in [0.3, 0.4) is 0 Å². The summed E-state index contributed by atoms with van der Waals surface area (Å²) in [6.45, 7) is 3.45. The first-order valence-corrected chi connectivity index (χ1v) is 10.0. The average molecular weight is 391 g/mol. The van der Waals surface area contributed by atoms with Crippen LogP contribution in [0.5, 0.6) is 5.75 Å². The normalized spacial score (nSPS) is 22.4. The molecule has 8 nitrogen and oxygen atoms in total. The zero-order valence-corrected chi connectivity index (χ0v) is 16.3. The fourth-order valence-corrected chi connectivity index (χ4v) is 4.19. The number of rotatable bonds is 4. The van der Waals surface area contributed by atoms with Gasteiger partial charge in [-0.3, -0.25) is 0 Å². The Morgan fingerprint density at radius 1 is 1.24 bits per heavy atom. The third-order valence-corrected chi connectivity index (χ3v) is 5.70. The minimum absolute atomic E-state index is 0.0295. The molecular formula is C20H22BN5O3. The second-order valence-electron chi connectivity index (χ2n) is 7.68. The Morgan fingerprint density at radius 3 is 3.07 bits per heavy atom. The summed E-state index contributed by atoms with van der Waals surface area (Å²) >= 11 is 0. The summed E-state index contributed by atoms with van der Waals surface area (Å²) in [5.41, 5.74) is 3.82. The molecule has 0 saturated heterocycles. The molecule has 1 saturated carbocycles. The number of nitriles is 1. The summed E-state index contributed by atoms with van der Waals surface area (Å²) in [5, 5.41) is 16.1. The Labute approximate surface area is 169 Å². The Kier molecular flexibility index (Phi) is 4.74. The zero-order valence-electron chi connectivity index (χ0n) is 16.3. The van der Waals surface area contributed by atoms with E-state index < -0.39 is 0 Å². The Morgan fingerprint density at radius 2 is 2.17 bits per heavy atom. The van der Waals surface area contributed by atoms with Gasteiger partial charge in [0.2, 0.25) is 5.95 Å². The van der Waals surface area contributed by atoms with Gasteiger partial charge < -0.3 is 24.7 Å². The number of ether oxygens (including phenoxy) is 1. The van der Waals surface area contributed by atoms with Gasteiger partial charge in [-0.25, -0.2) is 4.98 Å². The van der Waals surface area contributed by atoms with Crippen LogP contribution in [-0.4, -0.2) is 36.3 Å². The number of hydrogen-bond acceptors (Lipinski definition) is 8. The van der Waals surface area contributed by atoms with E-state index in [2.05, 4.69) is 26.7 Å². The lowest BCUT2D eigenvalue weighted by Crippen LogP contribution is -2.31. The molecule has 2 atom stereocenters. The fraction of sp³-hybridized carbons (Fsp3) is 0.450. The molecular weight excluding hydrogens is 369 g/mol. The highest BCUT2D eigenvalue weighted by atomic mass is 16.6. The van der Waals surface area contributed by atoms with Crippen LogP contribution in [0.2, 0.25) is 0 Å². The van der Waals surface area contributed by atoms with Gasteiger partial charge in [0.05, 0.1) is 25.2 Å². The molecule has 0 amide bonds. The molecule has 5 rings (SSSR count). The van der Waals surface area contributed by atoms with E-state index in [9.17, 15) is 5.26 Å². The highest BCUT2D eigenvalue weighted by molar-refractivity contribution is 6.64. The number of aromatic nitrogens is 2. The van der Waals surface area contributed by atoms with Crippen molar-refractivity contribution in [1.29, 1.82) is 5.26 Å². The van der Waals surface area contributed by atoms with Crippen molar-refractivity contribution in [2.45, 2.75) is 38.8 Å². The van der Waals surface area contributed by atoms with Gasteiger partial charge in [-0.1, -0.05) is 0 Å². The van der Waals surface area contributed by atoms with E-state index in [1.807, 2.05) is 19.1 Å². The molecule has 0 radical (unpaired) electrons. The van der Waals surface area contributed by atoms with Crippen LogP contribution < -0.4 is 20.8 Å². The summed E-state index contributed by atoms with van der Waals surface area (Å²) in [5.74, 6) is 2.07. The first-order chi connectivity index (χ1) is 14.2. The number of aryl methyl sites for hydroxylation is 1. The van der Waals surface area contributed by atoms with Crippen molar-refractivity contribution in [3.05, 3.63) is 29.5 Å². The number of nitrogens with zero attached hydrogens (tertiary/aromatic N) is 3. The second-order valence-corrected chi connectivity index (χ2v) is 7.68. The van der Waals surface area contributed by atoms with Gasteiger partial charge in [-0.05, 0) is 37.8 Å². The molecule has 2 aromatic rings. The van der Waals surface area contributed by atoms with Gasteiger partial charge in [-0.2, -0.15) is 10.2 Å². The molecule has 2 N–H and O–H groups in total. The van der Waals surface area contributed by atoms with E-state index in [0.717, 1.165) is 53.1 Å². The molecule has 2 unspecified atom stereocenters. The first-order valence-electron chi connectivity index (χ1n) is 10.0. The molecule has 9 heteroatoms. The maximum atomic E-state index is 9.34. The fourth-order valence-electron chi connectivity index (χ4n) is 4.19. The summed E-state index contributed by atoms with van der Waals surface area (Å²) in [4.78, 5) is 9.08. The standard InChI is InChI=1S/C20H22BN5O3/c1-12-10-23-20(26-19(12)25-16-4-2-3-13(16)9-22)24-15-7-14-11-29-21-18(14)17(8-15)27-5-6-28-21/h7-8,10,13,16H,2-6,11H2,1H3,(H2,23,24,25,26). The lowest BCUT2D eigenvalue weighted by Gasteiger charge is -2.18. The van der Waals surface area contributed by atoms with Crippen LogP contribution in [0, 0.1) is 24.2 Å². The Balaban J connectivity index is 1.39. The van der Waals surface area contributed by atoms with Crippen molar-refractivity contribution in [2.75, 3.05) is 23.8 Å². The predicted molar refractivity (Wildman–Crippen MR) is 108 cm³/mol. The van der Waals surface area contributed by atoms with Gasteiger partial charge in [0, 0.05) is 35.0 Å². The van der Waals surface area contributed by atoms with Gasteiger partial charge in [0.25, 0.3) is 0 Å². The van der Waals surface area contributed by atoms with E-state index in [4.69, 9.17) is 14.0 Å². The molecule has 1 aromatic heterocycles. The van der Waals surface area contributed by atoms with E-state index in [1.165, 1.54) is 0 Å². The second kappa shape index (κ2) is 7.54. The van der Waals surface area contributed by atoms with Crippen LogP contribution in [0.4, 0.5) is 17.5 Å². The summed E-state index contributed by atoms with van der Waals surface area (Å²) in [7, 11) is -0.345. The highest BCUT2D eigenvalue weighted by Crippen LogP contribution is 2.30. The van der Waals surface area contributed by atoms with Gasteiger partial charge in [0.15, 0.2) is 0 Å². The van der Waals surface area contributed by atoms with Crippen molar-refractivity contribution in [3.8, 4) is 11.8 Å². The SMILES string of the molecule is Cc1cnc(Nc2cc3c4c(c2)OCCOB4OC3)nc1NC1CCCC1C#N. The lowest BCUT2D eigenvalue weighted by molar-refractivity contribution is 0.180. The smallest absolute Gasteiger partial charge is 0.492 e. The maximum Gasteiger partial charge on any atom is 0.498 e. The van der Waals surface area contributed by atoms with E-state index in [1.54, 1.807) is 6.20 Å². The van der Waals surface area contributed by atoms with Crippen LogP contribution in [0.1, 0.15) is 30.4 Å². The first kappa shape index (κ1) is 18.2. The summed E-state index contributed by atoms with van der Waals surface area (Å²) in [6.07, 6.45) is 4.78. The van der Waals surface area contributed by atoms with Crippen LogP contribution in [0.15, 0.2) is 18.3 Å². The van der Waals surface area contributed by atoms with Gasteiger partial charge >= 0.3 is 7.12 Å². The van der Waals surface area contributed by atoms with Crippen molar-refractivity contribution >= 4 is 30.0 Å². The van der Waals surface area contributed by atoms with E-state index >= 15 is 0 Å². The zero-order chi connectivity index (χ0) is 19.8. The Bertz CT molecular complexity index is 979. The third kappa shape index (κ3) is 3.50. The number of anilines is 3. The van der Waals surface area contributed by atoms with Crippen molar-refractivity contribution in [1.82, 2.24) is 9.97 Å². The van der Waals surface area contributed by atoms with Gasteiger partial charge in [0.1, 0.15) is 18.2 Å². The minimum Gasteiger partial charge on any atom is -0.492 e. The third-order valence-electron chi connectivity index (χ3n) is 5.70. The average Bonchev–Trinajstić information content (AvgIpc) is 3.28. The van der Waals surface area contributed by atoms with E-state index in [0.29, 0.717) is 25.8 Å². The monoisotopic (exact) mass is 391 g/mol. The molecule has 1 aliphatic carbocycles. The summed E-state index contributed by atoms with van der Waals surface area (Å²) < 4.78 is 17.2. The van der Waals surface area contributed by atoms with Crippen LogP contribution >= 0.6 is 0 Å². The highest BCUT2D eigenvalue weighted by Gasteiger charge is 2.36. The summed E-state index contributed by atoms with van der Waals surface area (Å²) in [6, 6.07) is 6.50. The van der Waals surface area contributed by atoms with E-state index in [-0.39, 0.29) is 19.1 Å². The lowest BCUT2D eigenvalue weighted by atomic mass is 9.78. The number of hydrogen-bond donors (Lipinski definition) is 2. The quantitative estimate of drug-likeness (QED) is 0.766. The molecule has 0 bridgehead atoms. The van der Waals surface area contributed by atoms with Crippen LogP contribution in [-0.2, 0) is 15.9 Å².